The van der Waals surface area contributed by atoms with Crippen molar-refractivity contribution in [1.29, 1.82) is 5.26 Å². The summed E-state index contributed by atoms with van der Waals surface area (Å²) >= 11 is 0. The number of hydrogen-bond acceptors (Lipinski definition) is 5. The van der Waals surface area contributed by atoms with Crippen LogP contribution in [-0.2, 0) is 4.79 Å². The Hall–Kier alpha value is -2.29. The molecular weight excluding hydrogens is 206 g/mol. The molecule has 1 amide bonds. The number of carbonyl (C=O) groups is 1. The number of nitrogens with two attached hydrogens (primary N) is 1. The highest BCUT2D eigenvalue weighted by Gasteiger charge is 2.01. The van der Waals surface area contributed by atoms with Gasteiger partial charge in [0.05, 0.1) is 11.3 Å². The first-order chi connectivity index (χ1) is 7.63. The molecule has 0 radical (unpaired) electrons. The van der Waals surface area contributed by atoms with Crippen LogP contribution in [0.4, 0.5) is 11.5 Å². The first kappa shape index (κ1) is 11.8. The minimum absolute atomic E-state index is 0.0810. The predicted octanol–water partition coefficient (Wildman–Crippen LogP) is 0.0835. The predicted molar refractivity (Wildman–Crippen MR) is 60.5 cm³/mol. The van der Waals surface area contributed by atoms with Crippen molar-refractivity contribution in [2.45, 2.75) is 6.92 Å². The summed E-state index contributed by atoms with van der Waals surface area (Å²) in [6.45, 7) is 2.48. The summed E-state index contributed by atoms with van der Waals surface area (Å²) in [6.07, 6.45) is 1.44. The lowest BCUT2D eigenvalue weighted by Crippen LogP contribution is -2.26. The van der Waals surface area contributed by atoms with E-state index in [-0.39, 0.29) is 5.91 Å². The number of carbonyl (C=O) groups excluding carboxylic acids is 1. The number of nitrogen functional groups attached to an aromatic ring is 1. The smallest absolute Gasteiger partial charge is 0.216 e. The Morgan fingerprint density at radius 2 is 2.38 bits per heavy atom. The van der Waals surface area contributed by atoms with Crippen LogP contribution in [0.1, 0.15) is 12.5 Å². The number of amides is 1. The molecule has 0 saturated carbocycles. The van der Waals surface area contributed by atoms with Crippen molar-refractivity contribution in [3.8, 4) is 6.07 Å². The Labute approximate surface area is 93.5 Å². The van der Waals surface area contributed by atoms with Gasteiger partial charge in [0.2, 0.25) is 5.91 Å². The van der Waals surface area contributed by atoms with E-state index in [0.29, 0.717) is 30.2 Å². The number of nitriles is 1. The number of hydrogen-bond donors (Lipinski definition) is 3. The summed E-state index contributed by atoms with van der Waals surface area (Å²) in [7, 11) is 0. The Balaban J connectivity index is 2.49. The maximum absolute atomic E-state index is 10.6. The lowest BCUT2D eigenvalue weighted by atomic mass is 10.3. The molecule has 4 N–H and O–H groups in total. The van der Waals surface area contributed by atoms with Crippen LogP contribution in [0.2, 0.25) is 0 Å². The van der Waals surface area contributed by atoms with Gasteiger partial charge in [0.25, 0.3) is 0 Å². The molecule has 0 aliphatic heterocycles. The van der Waals surface area contributed by atoms with E-state index in [2.05, 4.69) is 15.6 Å². The average molecular weight is 219 g/mol. The van der Waals surface area contributed by atoms with Gasteiger partial charge in [-0.2, -0.15) is 5.26 Å². The van der Waals surface area contributed by atoms with Gasteiger partial charge < -0.3 is 16.4 Å². The zero-order chi connectivity index (χ0) is 12.0. The van der Waals surface area contributed by atoms with E-state index in [4.69, 9.17) is 11.0 Å². The van der Waals surface area contributed by atoms with Gasteiger partial charge in [-0.05, 0) is 6.07 Å². The number of pyridine rings is 1. The van der Waals surface area contributed by atoms with Gasteiger partial charge in [-0.3, -0.25) is 4.79 Å². The van der Waals surface area contributed by atoms with Gasteiger partial charge in [-0.25, -0.2) is 4.98 Å². The summed E-state index contributed by atoms with van der Waals surface area (Å²) in [5, 5.41) is 14.2. The quantitative estimate of drug-likeness (QED) is 0.622. The second kappa shape index (κ2) is 5.56. The summed E-state index contributed by atoms with van der Waals surface area (Å²) < 4.78 is 0. The third-order valence-corrected chi connectivity index (χ3v) is 1.84. The molecule has 1 rings (SSSR count). The molecule has 0 aliphatic carbocycles. The standard InChI is InChI=1S/C10H13N5O/c1-7(16)13-2-3-14-10-9(12)4-8(5-11)6-15-10/h4,6H,2-3,12H2,1H3,(H,13,16)(H,14,15). The van der Waals surface area contributed by atoms with Crippen molar-refractivity contribution in [3.05, 3.63) is 17.8 Å². The lowest BCUT2D eigenvalue weighted by molar-refractivity contribution is -0.118. The SMILES string of the molecule is CC(=O)NCCNc1ncc(C#N)cc1N. The average Bonchev–Trinajstić information content (AvgIpc) is 2.25. The first-order valence-electron chi connectivity index (χ1n) is 4.77. The molecule has 1 aromatic rings. The van der Waals surface area contributed by atoms with Crippen molar-refractivity contribution < 1.29 is 4.79 Å². The molecule has 84 valence electrons. The molecule has 1 heterocycles. The number of nitrogens with one attached hydrogen (secondary N) is 2. The van der Waals surface area contributed by atoms with Crippen LogP contribution in [-0.4, -0.2) is 24.0 Å². The molecule has 0 aliphatic rings. The number of rotatable bonds is 4. The minimum Gasteiger partial charge on any atom is -0.396 e. The van der Waals surface area contributed by atoms with Gasteiger partial charge in [0.15, 0.2) is 0 Å². The largest absolute Gasteiger partial charge is 0.396 e. The molecule has 0 aromatic carbocycles. The second-order valence-electron chi connectivity index (χ2n) is 3.18. The van der Waals surface area contributed by atoms with Gasteiger partial charge in [-0.15, -0.1) is 0 Å². The van der Waals surface area contributed by atoms with Gasteiger partial charge >= 0.3 is 0 Å². The highest BCUT2D eigenvalue weighted by molar-refractivity contribution is 5.72. The molecule has 0 unspecified atom stereocenters. The summed E-state index contributed by atoms with van der Waals surface area (Å²) in [5.41, 5.74) is 6.52. The van der Waals surface area contributed by atoms with Crippen molar-refractivity contribution in [2.24, 2.45) is 0 Å². The van der Waals surface area contributed by atoms with E-state index in [1.54, 1.807) is 6.07 Å². The molecule has 0 atom stereocenters. The van der Waals surface area contributed by atoms with Gasteiger partial charge in [-0.1, -0.05) is 0 Å². The van der Waals surface area contributed by atoms with Crippen LogP contribution in [0.3, 0.4) is 0 Å². The second-order valence-corrected chi connectivity index (χ2v) is 3.18. The number of aromatic nitrogens is 1. The summed E-state index contributed by atoms with van der Waals surface area (Å²) in [6, 6.07) is 3.50. The van der Waals surface area contributed by atoms with Crippen molar-refractivity contribution in [1.82, 2.24) is 10.3 Å². The zero-order valence-corrected chi connectivity index (χ0v) is 8.95. The van der Waals surface area contributed by atoms with Crippen LogP contribution < -0.4 is 16.4 Å². The molecule has 1 aromatic heterocycles. The Morgan fingerprint density at radius 3 is 2.94 bits per heavy atom. The van der Waals surface area contributed by atoms with Crippen LogP contribution in [0.25, 0.3) is 0 Å². The van der Waals surface area contributed by atoms with E-state index in [9.17, 15) is 4.79 Å². The fourth-order valence-electron chi connectivity index (χ4n) is 1.11. The van der Waals surface area contributed by atoms with E-state index in [0.717, 1.165) is 0 Å². The van der Waals surface area contributed by atoms with E-state index < -0.39 is 0 Å². The highest BCUT2D eigenvalue weighted by Crippen LogP contribution is 2.15. The molecule has 0 saturated heterocycles. The summed E-state index contributed by atoms with van der Waals surface area (Å²) in [4.78, 5) is 14.6. The topological polar surface area (TPSA) is 104 Å². The van der Waals surface area contributed by atoms with E-state index >= 15 is 0 Å². The zero-order valence-electron chi connectivity index (χ0n) is 8.95. The van der Waals surface area contributed by atoms with E-state index in [1.165, 1.54) is 13.1 Å². The minimum atomic E-state index is -0.0810. The van der Waals surface area contributed by atoms with Crippen LogP contribution in [0, 0.1) is 11.3 Å². The molecule has 6 heteroatoms. The van der Waals surface area contributed by atoms with Crippen LogP contribution in [0.15, 0.2) is 12.3 Å². The molecule has 0 spiro atoms. The third kappa shape index (κ3) is 3.46. The third-order valence-electron chi connectivity index (χ3n) is 1.84. The van der Waals surface area contributed by atoms with Crippen molar-refractivity contribution in [2.75, 3.05) is 24.1 Å². The molecule has 6 nitrogen and oxygen atoms in total. The molecular formula is C10H13N5O. The Bertz CT molecular complexity index is 424. The maximum Gasteiger partial charge on any atom is 0.216 e. The van der Waals surface area contributed by atoms with E-state index in [1.807, 2.05) is 6.07 Å². The maximum atomic E-state index is 10.6. The van der Waals surface area contributed by atoms with Crippen molar-refractivity contribution in [3.63, 3.8) is 0 Å². The van der Waals surface area contributed by atoms with Crippen LogP contribution >= 0.6 is 0 Å². The normalized spacial score (nSPS) is 9.25. The fraction of sp³-hybridized carbons (Fsp3) is 0.300. The summed E-state index contributed by atoms with van der Waals surface area (Å²) in [5.74, 6) is 0.437. The first-order valence-corrected chi connectivity index (χ1v) is 4.77. The molecule has 16 heavy (non-hydrogen) atoms. The fourth-order valence-corrected chi connectivity index (χ4v) is 1.11. The Kier molecular flexibility index (Phi) is 4.09. The monoisotopic (exact) mass is 219 g/mol. The molecule has 0 fully saturated rings. The van der Waals surface area contributed by atoms with Crippen molar-refractivity contribution >= 4 is 17.4 Å². The number of nitrogens with zero attached hydrogens (tertiary/aromatic N) is 2. The Morgan fingerprint density at radius 1 is 1.62 bits per heavy atom. The molecule has 0 bridgehead atoms. The van der Waals surface area contributed by atoms with Gasteiger partial charge in [0, 0.05) is 26.2 Å². The highest BCUT2D eigenvalue weighted by atomic mass is 16.1. The van der Waals surface area contributed by atoms with Gasteiger partial charge in [0.1, 0.15) is 11.9 Å². The van der Waals surface area contributed by atoms with Crippen LogP contribution in [0.5, 0.6) is 0 Å². The number of anilines is 2. The lowest BCUT2D eigenvalue weighted by Gasteiger charge is -2.08.